The van der Waals surface area contributed by atoms with Crippen molar-refractivity contribution in [1.82, 2.24) is 4.57 Å². The summed E-state index contributed by atoms with van der Waals surface area (Å²) in [7, 11) is 4.23. The maximum atomic E-state index is 6.49. The summed E-state index contributed by atoms with van der Waals surface area (Å²) in [5.41, 5.74) is 6.00. The number of aromatic nitrogens is 2. The molecule has 1 heterocycles. The molecule has 27 heavy (non-hydrogen) atoms. The first-order valence-corrected chi connectivity index (χ1v) is 9.30. The van der Waals surface area contributed by atoms with Crippen LogP contribution >= 0.6 is 0 Å². The van der Waals surface area contributed by atoms with Crippen molar-refractivity contribution in [3.8, 4) is 0 Å². The monoisotopic (exact) mass is 357 g/mol. The molecular formula is C24H25N2O+. The first-order chi connectivity index (χ1) is 13.1. The third-order valence-electron chi connectivity index (χ3n) is 5.17. The maximum Gasteiger partial charge on any atom is 0.291 e. The van der Waals surface area contributed by atoms with E-state index in [-0.39, 0.29) is 6.10 Å². The molecule has 0 bridgehead atoms. The molecule has 1 atom stereocenters. The van der Waals surface area contributed by atoms with E-state index in [9.17, 15) is 0 Å². The second-order valence-electron chi connectivity index (χ2n) is 7.05. The van der Waals surface area contributed by atoms with Gasteiger partial charge in [-0.25, -0.2) is 9.13 Å². The molecule has 0 fully saturated rings. The lowest BCUT2D eigenvalue weighted by atomic mass is 10.1. The molecule has 3 aromatic carbocycles. The number of aryl methyl sites for hydroxylation is 3. The normalized spacial score (nSPS) is 12.4. The topological polar surface area (TPSA) is 18.0 Å². The van der Waals surface area contributed by atoms with Crippen LogP contribution in [0.25, 0.3) is 11.0 Å². The molecule has 0 spiro atoms. The van der Waals surface area contributed by atoms with E-state index in [0.29, 0.717) is 6.61 Å². The molecule has 136 valence electrons. The fraction of sp³-hybridized carbons (Fsp3) is 0.208. The predicted octanol–water partition coefficient (Wildman–Crippen LogP) is 4.62. The average Bonchev–Trinajstić information content (AvgIpc) is 2.96. The number of imidazole rings is 1. The van der Waals surface area contributed by atoms with Gasteiger partial charge in [0, 0.05) is 0 Å². The molecule has 3 nitrogen and oxygen atoms in total. The summed E-state index contributed by atoms with van der Waals surface area (Å²) in [5, 5.41) is 0. The first-order valence-electron chi connectivity index (χ1n) is 9.30. The lowest BCUT2D eigenvalue weighted by molar-refractivity contribution is -0.657. The lowest BCUT2D eigenvalue weighted by Crippen LogP contribution is -2.35. The lowest BCUT2D eigenvalue weighted by Gasteiger charge is -2.16. The Hall–Kier alpha value is -2.91. The summed E-state index contributed by atoms with van der Waals surface area (Å²) in [4.78, 5) is 0. The van der Waals surface area contributed by atoms with Gasteiger partial charge in [0.25, 0.3) is 5.82 Å². The number of para-hydroxylation sites is 2. The molecule has 0 saturated heterocycles. The van der Waals surface area contributed by atoms with Crippen molar-refractivity contribution in [2.24, 2.45) is 14.1 Å². The molecule has 0 aliphatic heterocycles. The summed E-state index contributed by atoms with van der Waals surface area (Å²) in [6.07, 6.45) is -0.145. The molecule has 0 radical (unpaired) electrons. The maximum absolute atomic E-state index is 6.49. The molecule has 1 aromatic heterocycles. The van der Waals surface area contributed by atoms with Gasteiger partial charge in [0.05, 0.1) is 20.7 Å². The number of hydrogen-bond donors (Lipinski definition) is 0. The minimum Gasteiger partial charge on any atom is -0.356 e. The van der Waals surface area contributed by atoms with Crippen LogP contribution in [0.5, 0.6) is 0 Å². The molecule has 4 aromatic rings. The third-order valence-corrected chi connectivity index (χ3v) is 5.17. The molecule has 0 aliphatic carbocycles. The van der Waals surface area contributed by atoms with E-state index in [0.717, 1.165) is 11.4 Å². The Morgan fingerprint density at radius 3 is 2.26 bits per heavy atom. The summed E-state index contributed by atoms with van der Waals surface area (Å²) < 4.78 is 11.0. The van der Waals surface area contributed by atoms with Gasteiger partial charge < -0.3 is 4.74 Å². The van der Waals surface area contributed by atoms with Gasteiger partial charge in [-0.15, -0.1) is 0 Å². The van der Waals surface area contributed by atoms with Gasteiger partial charge in [0.15, 0.2) is 17.1 Å². The minimum atomic E-state index is -0.145. The quantitative estimate of drug-likeness (QED) is 0.477. The molecule has 0 N–H and O–H groups in total. The van der Waals surface area contributed by atoms with Crippen molar-refractivity contribution < 1.29 is 9.30 Å². The zero-order valence-corrected chi connectivity index (χ0v) is 16.1. The molecule has 4 rings (SSSR count). The van der Waals surface area contributed by atoms with Gasteiger partial charge in [-0.1, -0.05) is 72.3 Å². The van der Waals surface area contributed by atoms with Gasteiger partial charge in [0.2, 0.25) is 0 Å². The highest BCUT2D eigenvalue weighted by Crippen LogP contribution is 2.28. The summed E-state index contributed by atoms with van der Waals surface area (Å²) in [5.74, 6) is 1.14. The number of fused-ring (bicyclic) bond motifs is 1. The van der Waals surface area contributed by atoms with E-state index in [1.165, 1.54) is 22.2 Å². The Balaban J connectivity index is 1.79. The molecule has 1 unspecified atom stereocenters. The zero-order valence-electron chi connectivity index (χ0n) is 16.1. The van der Waals surface area contributed by atoms with Crippen LogP contribution < -0.4 is 4.57 Å². The van der Waals surface area contributed by atoms with Crippen LogP contribution in [0.1, 0.15) is 28.6 Å². The number of hydrogen-bond acceptors (Lipinski definition) is 1. The molecule has 3 heteroatoms. The summed E-state index contributed by atoms with van der Waals surface area (Å²) in [6.45, 7) is 2.68. The minimum absolute atomic E-state index is 0.145. The van der Waals surface area contributed by atoms with Crippen LogP contribution in [0, 0.1) is 6.92 Å². The standard InChI is InChI=1S/C24H25N2O/c1-18-13-15-20(16-14-18)23(27-17-19-9-5-4-6-10-19)24-25(2)21-11-7-8-12-22(21)26(24)3/h4-16,23H,17H2,1-3H3/q+1. The van der Waals surface area contributed by atoms with Gasteiger partial charge in [-0.2, -0.15) is 0 Å². The second-order valence-corrected chi connectivity index (χ2v) is 7.05. The van der Waals surface area contributed by atoms with E-state index >= 15 is 0 Å². The van der Waals surface area contributed by atoms with E-state index in [4.69, 9.17) is 4.74 Å². The second kappa shape index (κ2) is 7.37. The predicted molar refractivity (Wildman–Crippen MR) is 108 cm³/mol. The van der Waals surface area contributed by atoms with Gasteiger partial charge in [-0.3, -0.25) is 0 Å². The molecular weight excluding hydrogens is 332 g/mol. The molecule has 0 saturated carbocycles. The Labute approximate surface area is 160 Å². The van der Waals surface area contributed by atoms with E-state index in [2.05, 4.69) is 103 Å². The summed E-state index contributed by atoms with van der Waals surface area (Å²) in [6, 6.07) is 27.5. The Morgan fingerprint density at radius 1 is 0.889 bits per heavy atom. The van der Waals surface area contributed by atoms with Gasteiger partial charge in [0.1, 0.15) is 0 Å². The van der Waals surface area contributed by atoms with Crippen LogP contribution in [0.2, 0.25) is 0 Å². The summed E-state index contributed by atoms with van der Waals surface area (Å²) >= 11 is 0. The van der Waals surface area contributed by atoms with Crippen molar-refractivity contribution in [1.29, 1.82) is 0 Å². The van der Waals surface area contributed by atoms with Crippen molar-refractivity contribution in [2.75, 3.05) is 0 Å². The van der Waals surface area contributed by atoms with Crippen LogP contribution in [0.3, 0.4) is 0 Å². The van der Waals surface area contributed by atoms with Crippen LogP contribution in [0.4, 0.5) is 0 Å². The molecule has 0 aliphatic rings. The number of ether oxygens (including phenoxy) is 1. The Kier molecular flexibility index (Phi) is 4.78. The molecule has 0 amide bonds. The number of benzene rings is 3. The smallest absolute Gasteiger partial charge is 0.291 e. The van der Waals surface area contributed by atoms with Gasteiger partial charge in [-0.05, 0) is 30.2 Å². The fourth-order valence-corrected chi connectivity index (χ4v) is 3.67. The first kappa shape index (κ1) is 17.5. The van der Waals surface area contributed by atoms with Crippen molar-refractivity contribution in [2.45, 2.75) is 19.6 Å². The van der Waals surface area contributed by atoms with E-state index in [1.54, 1.807) is 0 Å². The average molecular weight is 357 g/mol. The van der Waals surface area contributed by atoms with Crippen molar-refractivity contribution in [3.63, 3.8) is 0 Å². The highest BCUT2D eigenvalue weighted by atomic mass is 16.5. The van der Waals surface area contributed by atoms with Crippen LogP contribution in [-0.2, 0) is 25.4 Å². The van der Waals surface area contributed by atoms with E-state index < -0.39 is 0 Å². The highest BCUT2D eigenvalue weighted by Gasteiger charge is 2.30. The fourth-order valence-electron chi connectivity index (χ4n) is 3.67. The largest absolute Gasteiger partial charge is 0.356 e. The van der Waals surface area contributed by atoms with E-state index in [1.807, 2.05) is 6.07 Å². The third kappa shape index (κ3) is 3.38. The number of rotatable bonds is 5. The SMILES string of the molecule is Cc1ccc(C(OCc2ccccc2)c2n(C)c3ccccc3[n+]2C)cc1. The van der Waals surface area contributed by atoms with Crippen LogP contribution in [0.15, 0.2) is 78.9 Å². The van der Waals surface area contributed by atoms with Gasteiger partial charge >= 0.3 is 0 Å². The zero-order chi connectivity index (χ0) is 18.8. The van der Waals surface area contributed by atoms with Crippen molar-refractivity contribution in [3.05, 3.63) is 101 Å². The van der Waals surface area contributed by atoms with Crippen LogP contribution in [-0.4, -0.2) is 4.57 Å². The van der Waals surface area contributed by atoms with Crippen molar-refractivity contribution >= 4 is 11.0 Å². The number of nitrogens with zero attached hydrogens (tertiary/aromatic N) is 2. The Morgan fingerprint density at radius 2 is 1.56 bits per heavy atom. The Bertz CT molecular complexity index is 1010. The highest BCUT2D eigenvalue weighted by molar-refractivity contribution is 5.72.